The van der Waals surface area contributed by atoms with Gasteiger partial charge in [0.1, 0.15) is 13.2 Å². The largest absolute Gasteiger partial charge is 0.462 e. The van der Waals surface area contributed by atoms with Crippen LogP contribution in [0.25, 0.3) is 0 Å². The minimum atomic E-state index is -0.781. The van der Waals surface area contributed by atoms with E-state index in [-0.39, 0.29) is 31.1 Å². The fraction of sp³-hybridized carbons (Fsp3) is 0.855. The molecule has 1 unspecified atom stereocenters. The lowest BCUT2D eigenvalue weighted by atomic mass is 10.0. The van der Waals surface area contributed by atoms with Crippen LogP contribution in [-0.2, 0) is 28.6 Å². The summed E-state index contributed by atoms with van der Waals surface area (Å²) >= 11 is 0. The zero-order valence-electron chi connectivity index (χ0n) is 55.3. The molecule has 0 bridgehead atoms. The molecule has 82 heavy (non-hydrogen) atoms. The first kappa shape index (κ1) is 79.4. The van der Waals surface area contributed by atoms with Gasteiger partial charge < -0.3 is 14.2 Å². The molecule has 0 aliphatic rings. The molecule has 0 rings (SSSR count). The highest BCUT2D eigenvalue weighted by atomic mass is 16.6. The molecule has 0 aromatic heterocycles. The molecule has 0 saturated heterocycles. The summed E-state index contributed by atoms with van der Waals surface area (Å²) < 4.78 is 17.0. The summed E-state index contributed by atoms with van der Waals surface area (Å²) in [6.07, 6.45) is 90.2. The van der Waals surface area contributed by atoms with E-state index in [1.807, 2.05) is 0 Å². The second-order valence-electron chi connectivity index (χ2n) is 24.9. The predicted molar refractivity (Wildman–Crippen MR) is 358 cm³/mol. The Labute approximate surface area is 511 Å². The van der Waals surface area contributed by atoms with Crippen LogP contribution >= 0.6 is 0 Å². The van der Waals surface area contributed by atoms with E-state index in [1.165, 1.54) is 276 Å². The number of unbranched alkanes of at least 4 members (excludes halogenated alkanes) is 49. The van der Waals surface area contributed by atoms with Crippen molar-refractivity contribution >= 4 is 17.9 Å². The number of hydrogen-bond donors (Lipinski definition) is 0. The van der Waals surface area contributed by atoms with Crippen molar-refractivity contribution in [1.29, 1.82) is 0 Å². The van der Waals surface area contributed by atoms with Gasteiger partial charge in [0.15, 0.2) is 6.10 Å². The second-order valence-corrected chi connectivity index (χ2v) is 24.9. The summed E-state index contributed by atoms with van der Waals surface area (Å²) in [5, 5.41) is 0. The van der Waals surface area contributed by atoms with Gasteiger partial charge in [-0.2, -0.15) is 0 Å². The summed E-state index contributed by atoms with van der Waals surface area (Å²) in [5.41, 5.74) is 0. The van der Waals surface area contributed by atoms with E-state index >= 15 is 0 Å². The van der Waals surface area contributed by atoms with Crippen molar-refractivity contribution < 1.29 is 28.6 Å². The highest BCUT2D eigenvalue weighted by molar-refractivity contribution is 5.71. The van der Waals surface area contributed by atoms with Gasteiger partial charge in [0.2, 0.25) is 0 Å². The zero-order chi connectivity index (χ0) is 59.2. The molecule has 6 nitrogen and oxygen atoms in total. The molecule has 0 aliphatic heterocycles. The van der Waals surface area contributed by atoms with Crippen LogP contribution in [-0.4, -0.2) is 37.2 Å². The maximum absolute atomic E-state index is 12.9. The lowest BCUT2D eigenvalue weighted by Crippen LogP contribution is -2.30. The highest BCUT2D eigenvalue weighted by Crippen LogP contribution is 2.19. The molecule has 0 radical (unpaired) electrons. The molecule has 6 heteroatoms. The SMILES string of the molecule is CCCC/C=C\C/C=C\CCCCCCCC(=O)OCC(COC(=O)CCCCCCCCCCCCCCCCCCCCCCCCCCCCCCCCC)OC(=O)CCCCCCCCCCC/C=C\C/C=C\CCCCC. The molecule has 0 saturated carbocycles. The standard InChI is InChI=1S/C76H140O6/c1-4-7-10-13-16-19-22-25-28-30-32-33-34-35-36-37-38-39-40-41-42-43-45-46-48-51-54-57-60-63-66-69-75(78)81-72-73(71-80-74(77)68-65-62-59-56-53-50-27-24-21-18-15-12-9-6-3)82-76(79)70-67-64-61-58-55-52-49-47-44-31-29-26-23-20-17-14-11-8-5-2/h15,17-18,20,24,26-27,29,73H,4-14,16,19,21-23,25,28,30-72H2,1-3H3/b18-15-,20-17-,27-24-,29-26-. The van der Waals surface area contributed by atoms with E-state index in [9.17, 15) is 14.4 Å². The zero-order valence-corrected chi connectivity index (χ0v) is 55.3. The number of carbonyl (C=O) groups excluding carboxylic acids is 3. The van der Waals surface area contributed by atoms with Crippen molar-refractivity contribution in [2.45, 2.75) is 406 Å². The first-order valence-electron chi connectivity index (χ1n) is 36.6. The molecule has 0 aromatic carbocycles. The fourth-order valence-electron chi connectivity index (χ4n) is 11.0. The molecular weight excluding hydrogens is 1010 g/mol. The van der Waals surface area contributed by atoms with Crippen molar-refractivity contribution in [3.63, 3.8) is 0 Å². The Balaban J connectivity index is 4.17. The van der Waals surface area contributed by atoms with E-state index in [0.29, 0.717) is 19.3 Å². The van der Waals surface area contributed by atoms with Gasteiger partial charge in [0, 0.05) is 19.3 Å². The summed E-state index contributed by atoms with van der Waals surface area (Å²) in [6, 6.07) is 0. The summed E-state index contributed by atoms with van der Waals surface area (Å²) in [6.45, 7) is 6.63. The van der Waals surface area contributed by atoms with Crippen LogP contribution in [0.3, 0.4) is 0 Å². The first-order chi connectivity index (χ1) is 40.5. The van der Waals surface area contributed by atoms with Gasteiger partial charge in [-0.25, -0.2) is 0 Å². The smallest absolute Gasteiger partial charge is 0.306 e. The number of hydrogen-bond acceptors (Lipinski definition) is 6. The number of esters is 3. The van der Waals surface area contributed by atoms with Gasteiger partial charge in [-0.3, -0.25) is 14.4 Å². The van der Waals surface area contributed by atoms with E-state index in [2.05, 4.69) is 69.4 Å². The highest BCUT2D eigenvalue weighted by Gasteiger charge is 2.19. The average molecular weight is 1150 g/mol. The van der Waals surface area contributed by atoms with Crippen LogP contribution in [0.1, 0.15) is 400 Å². The first-order valence-corrected chi connectivity index (χ1v) is 36.6. The molecule has 480 valence electrons. The molecule has 0 fully saturated rings. The van der Waals surface area contributed by atoms with Crippen molar-refractivity contribution in [3.8, 4) is 0 Å². The molecule has 1 atom stereocenters. The van der Waals surface area contributed by atoms with Crippen molar-refractivity contribution in [2.24, 2.45) is 0 Å². The molecule has 0 aliphatic carbocycles. The van der Waals surface area contributed by atoms with Crippen LogP contribution in [0.5, 0.6) is 0 Å². The van der Waals surface area contributed by atoms with Gasteiger partial charge in [0.25, 0.3) is 0 Å². The third-order valence-corrected chi connectivity index (χ3v) is 16.6. The van der Waals surface area contributed by atoms with E-state index in [4.69, 9.17) is 14.2 Å². The Bertz CT molecular complexity index is 1410. The van der Waals surface area contributed by atoms with Crippen LogP contribution in [0.4, 0.5) is 0 Å². The maximum atomic E-state index is 12.9. The lowest BCUT2D eigenvalue weighted by molar-refractivity contribution is -0.167. The molecule has 0 N–H and O–H groups in total. The van der Waals surface area contributed by atoms with Crippen molar-refractivity contribution in [3.05, 3.63) is 48.6 Å². The summed E-state index contributed by atoms with van der Waals surface area (Å²) in [4.78, 5) is 38.4. The number of allylic oxidation sites excluding steroid dienone is 8. The average Bonchev–Trinajstić information content (AvgIpc) is 3.47. The Morgan fingerprint density at radius 2 is 0.451 bits per heavy atom. The number of ether oxygens (including phenoxy) is 3. The van der Waals surface area contributed by atoms with Gasteiger partial charge >= 0.3 is 17.9 Å². The minimum absolute atomic E-state index is 0.0755. The second kappa shape index (κ2) is 70.9. The third kappa shape index (κ3) is 68.2. The van der Waals surface area contributed by atoms with Crippen LogP contribution in [0, 0.1) is 0 Å². The molecular formula is C76H140O6. The molecule has 0 spiro atoms. The molecule has 0 heterocycles. The lowest BCUT2D eigenvalue weighted by Gasteiger charge is -2.18. The maximum Gasteiger partial charge on any atom is 0.306 e. The molecule has 0 amide bonds. The van der Waals surface area contributed by atoms with Crippen LogP contribution in [0.2, 0.25) is 0 Å². The Morgan fingerprint density at radius 3 is 0.732 bits per heavy atom. The Morgan fingerprint density at radius 1 is 0.244 bits per heavy atom. The predicted octanol–water partition coefficient (Wildman–Crippen LogP) is 25.3. The Hall–Kier alpha value is -2.63. The quantitative estimate of drug-likeness (QED) is 0.0261. The normalized spacial score (nSPS) is 12.3. The Kier molecular flexibility index (Phi) is 68.6. The van der Waals surface area contributed by atoms with Crippen LogP contribution in [0.15, 0.2) is 48.6 Å². The number of rotatable bonds is 68. The van der Waals surface area contributed by atoms with Gasteiger partial charge in [0.05, 0.1) is 0 Å². The van der Waals surface area contributed by atoms with Crippen molar-refractivity contribution in [1.82, 2.24) is 0 Å². The summed E-state index contributed by atoms with van der Waals surface area (Å²) in [7, 11) is 0. The van der Waals surface area contributed by atoms with Crippen LogP contribution < -0.4 is 0 Å². The van der Waals surface area contributed by atoms with E-state index < -0.39 is 6.10 Å². The third-order valence-electron chi connectivity index (χ3n) is 16.6. The van der Waals surface area contributed by atoms with Gasteiger partial charge in [-0.05, 0) is 77.0 Å². The van der Waals surface area contributed by atoms with Gasteiger partial charge in [-0.15, -0.1) is 0 Å². The molecule has 0 aromatic rings. The monoisotopic (exact) mass is 1150 g/mol. The van der Waals surface area contributed by atoms with Gasteiger partial charge in [-0.1, -0.05) is 352 Å². The van der Waals surface area contributed by atoms with Crippen molar-refractivity contribution in [2.75, 3.05) is 13.2 Å². The summed E-state index contributed by atoms with van der Waals surface area (Å²) in [5.74, 6) is -0.869. The fourth-order valence-corrected chi connectivity index (χ4v) is 11.0. The van der Waals surface area contributed by atoms with E-state index in [0.717, 1.165) is 83.5 Å². The van der Waals surface area contributed by atoms with E-state index in [1.54, 1.807) is 0 Å². The topological polar surface area (TPSA) is 78.9 Å². The minimum Gasteiger partial charge on any atom is -0.462 e. The number of carbonyl (C=O) groups is 3.